The third-order valence-corrected chi connectivity index (χ3v) is 22.4. The molecule has 19 atom stereocenters. The Bertz CT molecular complexity index is 3160. The van der Waals surface area contributed by atoms with Gasteiger partial charge in [-0.25, -0.2) is 0 Å². The number of anilines is 1. The van der Waals surface area contributed by atoms with Crippen LogP contribution in [0, 0.1) is 34.2 Å². The lowest BCUT2D eigenvalue weighted by molar-refractivity contribution is -0.336. The molecule has 0 amide bonds. The third kappa shape index (κ3) is 16.7. The van der Waals surface area contributed by atoms with Crippen LogP contribution in [0.25, 0.3) is 0 Å². The molecule has 23 nitrogen and oxygen atoms in total. The zero-order chi connectivity index (χ0) is 66.2. The highest BCUT2D eigenvalue weighted by Crippen LogP contribution is 2.50. The smallest absolute Gasteiger partial charge is 0.229 e. The summed E-state index contributed by atoms with van der Waals surface area (Å²) in [5.41, 5.74) is 9.88. The molecule has 2 aromatic rings. The number of para-hydroxylation sites is 1. The Morgan fingerprint density at radius 1 is 0.890 bits per heavy atom. The first-order valence-electron chi connectivity index (χ1n) is 30.0. The minimum absolute atomic E-state index is 0.0286. The number of likely N-dealkylation sites (N-methyl/N-ethyl adjacent to an activating group) is 1. The zero-order valence-electron chi connectivity index (χ0n) is 52.9. The number of rotatable bonds is 24. The number of allylic oxidation sites excluding steroid dienone is 3. The summed E-state index contributed by atoms with van der Waals surface area (Å²) in [5, 5.41) is 60.7. The van der Waals surface area contributed by atoms with E-state index in [1.54, 1.807) is 51.7 Å². The monoisotopic (exact) mass is 1440 g/mol. The highest BCUT2D eigenvalue weighted by Gasteiger charge is 2.52. The quantitative estimate of drug-likeness (QED) is 0.0169. The molecular weight excluding hydrogens is 1350 g/mol. The second kappa shape index (κ2) is 32.2. The Kier molecular flexibility index (Phi) is 25.8. The van der Waals surface area contributed by atoms with Gasteiger partial charge in [-0.2, -0.15) is 5.48 Å². The minimum atomic E-state index is -2.04. The first-order chi connectivity index (χ1) is 43.3. The number of nitrogens with two attached hydrogens (primary N) is 1. The van der Waals surface area contributed by atoms with E-state index in [4.69, 9.17) is 62.7 Å². The maximum atomic E-state index is 14.5. The molecule has 4 aliphatic heterocycles. The normalized spacial score (nSPS) is 34.3. The van der Waals surface area contributed by atoms with E-state index in [-0.39, 0.29) is 83.3 Å². The second-order valence-corrected chi connectivity index (χ2v) is 28.6. The molecule has 8 rings (SSSR count). The van der Waals surface area contributed by atoms with Gasteiger partial charge in [0.2, 0.25) is 17.2 Å². The van der Waals surface area contributed by atoms with E-state index >= 15 is 0 Å². The summed E-state index contributed by atoms with van der Waals surface area (Å²) >= 11 is 2.84. The van der Waals surface area contributed by atoms with Crippen molar-refractivity contribution in [3.63, 3.8) is 0 Å². The fraction of sp³-hybridized carbons (Fsp3) is 0.609. The fourth-order valence-electron chi connectivity index (χ4n) is 11.9. The molecule has 0 radical (unpaired) electrons. The third-order valence-electron chi connectivity index (χ3n) is 16.7. The minimum Gasteiger partial charge on any atom is -0.492 e. The van der Waals surface area contributed by atoms with Crippen LogP contribution >= 0.6 is 55.9 Å². The van der Waals surface area contributed by atoms with Gasteiger partial charge in [0.25, 0.3) is 0 Å². The first-order valence-corrected chi connectivity index (χ1v) is 34.3. The van der Waals surface area contributed by atoms with Crippen molar-refractivity contribution in [1.82, 2.24) is 10.8 Å². The maximum absolute atomic E-state index is 14.5. The number of benzene rings is 2. The molecule has 0 saturated carbocycles. The summed E-state index contributed by atoms with van der Waals surface area (Å²) in [4.78, 5) is 48.1. The molecule has 2 aromatic carbocycles. The first kappa shape index (κ1) is 72.9. The Morgan fingerprint density at radius 3 is 2.27 bits per heavy atom. The van der Waals surface area contributed by atoms with Gasteiger partial charge in [0.05, 0.1) is 84.2 Å². The van der Waals surface area contributed by atoms with Crippen molar-refractivity contribution in [3.8, 4) is 40.9 Å². The number of Topliss-reactive ketones (excluding diaryl/α,β-unsaturated/α-hetero) is 2. The van der Waals surface area contributed by atoms with Crippen LogP contribution in [-0.2, 0) is 57.1 Å². The van der Waals surface area contributed by atoms with E-state index in [2.05, 4.69) is 48.3 Å². The van der Waals surface area contributed by atoms with Crippen LogP contribution in [0.2, 0.25) is 0 Å². The highest BCUT2D eigenvalue weighted by molar-refractivity contribution is 14.1. The molecule has 0 aromatic heterocycles. The van der Waals surface area contributed by atoms with Crippen molar-refractivity contribution < 1.29 is 96.9 Å². The van der Waals surface area contributed by atoms with E-state index in [9.17, 15) is 39.9 Å². The van der Waals surface area contributed by atoms with Crippen LogP contribution in [-0.4, -0.2) is 205 Å². The highest BCUT2D eigenvalue weighted by atomic mass is 127. The van der Waals surface area contributed by atoms with Crippen LogP contribution in [0.1, 0.15) is 95.6 Å². The summed E-state index contributed by atoms with van der Waals surface area (Å²) in [6, 6.07) is 6.36. The zero-order valence-corrected chi connectivity index (χ0v) is 57.5. The van der Waals surface area contributed by atoms with Gasteiger partial charge in [0.15, 0.2) is 41.8 Å². The van der Waals surface area contributed by atoms with E-state index in [0.29, 0.717) is 27.1 Å². The summed E-state index contributed by atoms with van der Waals surface area (Å²) < 4.78 is 67.7. The van der Waals surface area contributed by atoms with E-state index in [0.717, 1.165) is 17.3 Å². The average Bonchev–Trinajstić information content (AvgIpc) is 0.768. The molecule has 6 aliphatic rings. The number of hydrogen-bond donors (Lipinski definition) is 8. The van der Waals surface area contributed by atoms with Crippen LogP contribution in [0.3, 0.4) is 0 Å². The molecule has 27 heteroatoms. The number of aliphatic hydroxyl groups is 5. The van der Waals surface area contributed by atoms with Crippen LogP contribution < -0.4 is 30.7 Å². The largest absolute Gasteiger partial charge is 0.492 e. The summed E-state index contributed by atoms with van der Waals surface area (Å²) in [6.45, 7) is 14.9. The lowest BCUT2D eigenvalue weighted by atomic mass is 9.72. The molecule has 9 N–H and O–H groups in total. The molecule has 4 fully saturated rings. The van der Waals surface area contributed by atoms with Gasteiger partial charge >= 0.3 is 0 Å². The number of halogens is 1. The molecule has 4 heterocycles. The number of thioether (sulfide) groups is 1. The van der Waals surface area contributed by atoms with Crippen molar-refractivity contribution in [1.29, 1.82) is 0 Å². The molecule has 0 unspecified atom stereocenters. The predicted octanol–water partition coefficient (Wildman–Crippen LogP) is 5.10. The lowest BCUT2D eigenvalue weighted by Gasteiger charge is -2.46. The Morgan fingerprint density at radius 2 is 1.60 bits per heavy atom. The van der Waals surface area contributed by atoms with Gasteiger partial charge < -0.3 is 88.7 Å². The summed E-state index contributed by atoms with van der Waals surface area (Å²) in [7, 11) is 8.73. The number of aliphatic hydroxyl groups excluding tert-OH is 4. The number of nitrogen functional groups attached to an aromatic ring is 1. The fourth-order valence-corrected chi connectivity index (χ4v) is 16.1. The van der Waals surface area contributed by atoms with E-state index in [1.165, 1.54) is 51.2 Å². The van der Waals surface area contributed by atoms with Crippen LogP contribution in [0.5, 0.6) is 17.2 Å². The number of hydroxylamine groups is 1. The number of hydrogen-bond acceptors (Lipinski definition) is 26. The SMILES string of the molecule is CCN[C@H]1CO[C@@H](O[C@H]2[C@H](O[C@H]3C#C/C=C\C#C[C@]4(O)CC(=O)C(CC(C)=O)=C3/C4=C\CSSC(C)(C)c3ccccc3N)O[C@H](C)[C@@H](NO[C@H]3C[C@H](O)[C@H](SC(=O)c4c(C)c(I)c(O[C@@H]5O[C@@H](C)[C@H](O)[C@@H](OC)[C@H]5O)c(OC)c4OC)[C@@H](C)O3)[C@@H]2O)C[C@@H]1OC. The summed E-state index contributed by atoms with van der Waals surface area (Å²) in [5.74, 6) is 11.4. The molecule has 2 aliphatic carbocycles. The van der Waals surface area contributed by atoms with Gasteiger partial charge in [-0.05, 0) is 107 Å². The van der Waals surface area contributed by atoms with Crippen LogP contribution in [0.15, 0.2) is 59.2 Å². The van der Waals surface area contributed by atoms with Gasteiger partial charge in [-0.15, -0.1) is 0 Å². The molecular formula is C64H84IN3O20S3. The van der Waals surface area contributed by atoms with Crippen molar-refractivity contribution in [3.05, 3.63) is 79.5 Å². The molecule has 2 bridgehead atoms. The number of ketones is 2. The van der Waals surface area contributed by atoms with Gasteiger partial charge in [-0.1, -0.05) is 88.2 Å². The standard InChI is InChI=1S/C64H84IN3O20S3/c1-13-67-40-30-81-45(28-44(40)77-9)86-57-52(73)50(68-88-46-27-41(70)59(35(6)82-46)90-60(75)47-32(3)49(65)55(58(80-12)54(47)78-10)87-61-53(74)56(79-11)51(72)34(5)84-61)33(4)83-62(57)85-43-22-16-14-15-19-24-64(76)29-42(71)36(26-31(2)69)48(43)38(64)23-25-89-91-63(7,8)37-20-17-18-21-39(37)66/h14-15,17-18,20-21,23,33-35,40-41,43-46,50-53,56-57,59,61-62,67-68,70,72-74,76H,13,25-30,66H2,1-12H3/b15-14-,38-23+/t33-,34+,35-,40+,41+,43+,44+,45+,46+,50-,51+,52+,53-,56-,57-,59-,61+,62+,64+/m1/s1. The number of methoxy groups -OCH3 is 4. The number of carbonyl (C=O) groups is 3. The number of carbonyl (C=O) groups excluding carboxylic acids is 3. The summed E-state index contributed by atoms with van der Waals surface area (Å²) in [6.07, 6.45) is -12.8. The van der Waals surface area contributed by atoms with Gasteiger partial charge in [0, 0.05) is 66.4 Å². The Labute approximate surface area is 557 Å². The van der Waals surface area contributed by atoms with E-state index < -0.39 is 125 Å². The van der Waals surface area contributed by atoms with Crippen molar-refractivity contribution in [2.24, 2.45) is 0 Å². The lowest BCUT2D eigenvalue weighted by Crippen LogP contribution is -2.65. The van der Waals surface area contributed by atoms with Crippen molar-refractivity contribution in [2.45, 2.75) is 201 Å². The average molecular weight is 1440 g/mol. The Hall–Kier alpha value is -3.87. The Balaban J connectivity index is 1.03. The van der Waals surface area contributed by atoms with Crippen molar-refractivity contribution >= 4 is 78.3 Å². The van der Waals surface area contributed by atoms with Crippen molar-refractivity contribution in [2.75, 3.05) is 53.1 Å². The maximum Gasteiger partial charge on any atom is 0.229 e. The second-order valence-electron chi connectivity index (χ2n) is 23.4. The predicted molar refractivity (Wildman–Crippen MR) is 350 cm³/mol. The molecule has 4 saturated heterocycles. The number of nitrogens with one attached hydrogen (secondary N) is 2. The molecule has 91 heavy (non-hydrogen) atoms. The number of ether oxygens (including phenoxy) is 11. The molecule has 500 valence electrons. The van der Waals surface area contributed by atoms with Crippen LogP contribution in [0.4, 0.5) is 5.69 Å². The molecule has 0 spiro atoms. The number of fused-ring (bicyclic) bond motifs is 2. The topological polar surface area (TPSA) is 313 Å². The van der Waals surface area contributed by atoms with Gasteiger partial charge in [-0.3, -0.25) is 19.2 Å². The van der Waals surface area contributed by atoms with Gasteiger partial charge in [0.1, 0.15) is 42.4 Å². The van der Waals surface area contributed by atoms with E-state index in [1.807, 2.05) is 53.8 Å².